The highest BCUT2D eigenvalue weighted by atomic mass is 32.3. The van der Waals surface area contributed by atoms with Crippen LogP contribution in [0, 0.1) is 0 Å². The van der Waals surface area contributed by atoms with Gasteiger partial charge in [0.05, 0.1) is 6.61 Å². The molecule has 0 bridgehead atoms. The van der Waals surface area contributed by atoms with Crippen LogP contribution in [0.2, 0.25) is 0 Å². The number of benzene rings is 2. The molecule has 1 aliphatic carbocycles. The molecule has 1 N–H and O–H groups in total. The van der Waals surface area contributed by atoms with Crippen molar-refractivity contribution in [1.29, 1.82) is 0 Å². The lowest BCUT2D eigenvalue weighted by Gasteiger charge is -2.12. The van der Waals surface area contributed by atoms with Crippen LogP contribution in [0.4, 0.5) is 0 Å². The van der Waals surface area contributed by atoms with Crippen molar-refractivity contribution >= 4 is 10.4 Å². The molecule has 0 unspecified atom stereocenters. The summed E-state index contributed by atoms with van der Waals surface area (Å²) < 4.78 is 34.3. The van der Waals surface area contributed by atoms with Gasteiger partial charge in [0, 0.05) is 5.92 Å². The van der Waals surface area contributed by atoms with Crippen molar-refractivity contribution in [1.82, 2.24) is 0 Å². The molecule has 0 heterocycles. The zero-order valence-electron chi connectivity index (χ0n) is 10.7. The SMILES string of the molecule is O=S(=O)(O)OCCC1c2ccccc2-c2ccccc21. The van der Waals surface area contributed by atoms with Crippen LogP contribution in [0.1, 0.15) is 23.5 Å². The molecule has 2 aromatic carbocycles. The van der Waals surface area contributed by atoms with Gasteiger partial charge in [-0.2, -0.15) is 8.42 Å². The van der Waals surface area contributed by atoms with Crippen molar-refractivity contribution < 1.29 is 17.2 Å². The van der Waals surface area contributed by atoms with E-state index in [-0.39, 0.29) is 12.5 Å². The minimum Gasteiger partial charge on any atom is -0.264 e. The molecule has 4 nitrogen and oxygen atoms in total. The molecule has 3 rings (SSSR count). The van der Waals surface area contributed by atoms with E-state index in [4.69, 9.17) is 4.55 Å². The van der Waals surface area contributed by atoms with Crippen molar-refractivity contribution in [3.63, 3.8) is 0 Å². The maximum absolute atomic E-state index is 10.6. The Morgan fingerprint density at radius 3 is 1.95 bits per heavy atom. The number of hydrogen-bond donors (Lipinski definition) is 1. The maximum atomic E-state index is 10.6. The molecule has 5 heteroatoms. The Labute approximate surface area is 118 Å². The van der Waals surface area contributed by atoms with E-state index in [9.17, 15) is 8.42 Å². The highest BCUT2D eigenvalue weighted by Gasteiger charge is 2.27. The van der Waals surface area contributed by atoms with Gasteiger partial charge in [-0.25, -0.2) is 4.18 Å². The van der Waals surface area contributed by atoms with Crippen LogP contribution in [0.3, 0.4) is 0 Å². The standard InChI is InChI=1S/C15H14O4S/c16-20(17,18)19-10-9-15-13-7-3-1-5-11(13)12-6-2-4-8-14(12)15/h1-8,15H,9-10H2,(H,16,17,18). The molecule has 20 heavy (non-hydrogen) atoms. The van der Waals surface area contributed by atoms with Gasteiger partial charge in [-0.15, -0.1) is 0 Å². The molecule has 0 fully saturated rings. The number of hydrogen-bond acceptors (Lipinski definition) is 3. The summed E-state index contributed by atoms with van der Waals surface area (Å²) in [5.41, 5.74) is 4.71. The van der Waals surface area contributed by atoms with E-state index >= 15 is 0 Å². The molecule has 0 saturated carbocycles. The zero-order chi connectivity index (χ0) is 14.2. The number of rotatable bonds is 4. The topological polar surface area (TPSA) is 63.6 Å². The van der Waals surface area contributed by atoms with Crippen molar-refractivity contribution in [2.75, 3.05) is 6.61 Å². The van der Waals surface area contributed by atoms with E-state index in [0.29, 0.717) is 6.42 Å². The van der Waals surface area contributed by atoms with Gasteiger partial charge in [-0.1, -0.05) is 48.5 Å². The first-order chi connectivity index (χ1) is 9.56. The Kier molecular flexibility index (Phi) is 3.33. The third kappa shape index (κ3) is 2.47. The minimum atomic E-state index is -4.37. The molecule has 0 radical (unpaired) electrons. The summed E-state index contributed by atoms with van der Waals surface area (Å²) >= 11 is 0. The Morgan fingerprint density at radius 1 is 0.950 bits per heavy atom. The normalized spacial score (nSPS) is 14.1. The lowest BCUT2D eigenvalue weighted by Crippen LogP contribution is -2.08. The van der Waals surface area contributed by atoms with Gasteiger partial charge < -0.3 is 0 Å². The Morgan fingerprint density at radius 2 is 1.45 bits per heavy atom. The summed E-state index contributed by atoms with van der Waals surface area (Å²) in [6.45, 7) is -0.0355. The monoisotopic (exact) mass is 290 g/mol. The van der Waals surface area contributed by atoms with Gasteiger partial charge in [-0.3, -0.25) is 4.55 Å². The molecule has 0 saturated heterocycles. The predicted molar refractivity (Wildman–Crippen MR) is 75.8 cm³/mol. The second-order valence-electron chi connectivity index (χ2n) is 4.77. The van der Waals surface area contributed by atoms with Gasteiger partial charge in [0.25, 0.3) is 0 Å². The van der Waals surface area contributed by atoms with Crippen LogP contribution in [0.25, 0.3) is 11.1 Å². The van der Waals surface area contributed by atoms with E-state index in [1.54, 1.807) is 0 Å². The second kappa shape index (κ2) is 5.01. The predicted octanol–water partition coefficient (Wildman–Crippen LogP) is 3.01. The fraction of sp³-hybridized carbons (Fsp3) is 0.200. The average molecular weight is 290 g/mol. The first kappa shape index (κ1) is 13.3. The molecule has 0 atom stereocenters. The van der Waals surface area contributed by atoms with Gasteiger partial charge in [0.15, 0.2) is 0 Å². The number of fused-ring (bicyclic) bond motifs is 3. The van der Waals surface area contributed by atoms with Crippen LogP contribution in [0.5, 0.6) is 0 Å². The van der Waals surface area contributed by atoms with Crippen LogP contribution in [-0.2, 0) is 14.6 Å². The highest BCUT2D eigenvalue weighted by molar-refractivity contribution is 7.80. The summed E-state index contributed by atoms with van der Waals surface area (Å²) in [4.78, 5) is 0. The Balaban J connectivity index is 1.91. The van der Waals surface area contributed by atoms with E-state index in [1.807, 2.05) is 36.4 Å². The van der Waals surface area contributed by atoms with Crippen molar-refractivity contribution in [2.45, 2.75) is 12.3 Å². The smallest absolute Gasteiger partial charge is 0.264 e. The maximum Gasteiger partial charge on any atom is 0.397 e. The van der Waals surface area contributed by atoms with Crippen molar-refractivity contribution in [2.24, 2.45) is 0 Å². The van der Waals surface area contributed by atoms with Gasteiger partial charge >= 0.3 is 10.4 Å². The van der Waals surface area contributed by atoms with Crippen LogP contribution in [0.15, 0.2) is 48.5 Å². The molecule has 0 aliphatic heterocycles. The molecular formula is C15H14O4S. The zero-order valence-corrected chi connectivity index (χ0v) is 11.5. The molecule has 0 amide bonds. The van der Waals surface area contributed by atoms with Gasteiger partial charge in [-0.05, 0) is 28.7 Å². The highest BCUT2D eigenvalue weighted by Crippen LogP contribution is 2.45. The molecule has 2 aromatic rings. The molecule has 0 spiro atoms. The average Bonchev–Trinajstić information content (AvgIpc) is 2.73. The lowest BCUT2D eigenvalue weighted by atomic mass is 9.94. The van der Waals surface area contributed by atoms with E-state index in [2.05, 4.69) is 16.3 Å². The lowest BCUT2D eigenvalue weighted by molar-refractivity contribution is 0.261. The Bertz CT molecular complexity index is 692. The first-order valence-corrected chi connectivity index (χ1v) is 7.73. The molecular weight excluding hydrogens is 276 g/mol. The molecule has 0 aromatic heterocycles. The van der Waals surface area contributed by atoms with E-state index in [0.717, 1.165) is 0 Å². The molecule has 104 valence electrons. The Hall–Kier alpha value is -1.69. The van der Waals surface area contributed by atoms with Crippen molar-refractivity contribution in [3.05, 3.63) is 59.7 Å². The van der Waals surface area contributed by atoms with Crippen molar-refractivity contribution in [3.8, 4) is 11.1 Å². The van der Waals surface area contributed by atoms with Gasteiger partial charge in [0.1, 0.15) is 0 Å². The summed E-state index contributed by atoms with van der Waals surface area (Å²) in [5, 5.41) is 0. The molecule has 1 aliphatic rings. The minimum absolute atomic E-state index is 0.0355. The fourth-order valence-electron chi connectivity index (χ4n) is 2.84. The quantitative estimate of drug-likeness (QED) is 0.879. The summed E-state index contributed by atoms with van der Waals surface area (Å²) in [6, 6.07) is 16.2. The first-order valence-electron chi connectivity index (χ1n) is 6.36. The van der Waals surface area contributed by atoms with Crippen LogP contribution >= 0.6 is 0 Å². The fourth-order valence-corrected chi connectivity index (χ4v) is 3.15. The summed E-state index contributed by atoms with van der Waals surface area (Å²) in [7, 11) is -4.37. The summed E-state index contributed by atoms with van der Waals surface area (Å²) in [6.07, 6.45) is 0.508. The second-order valence-corrected chi connectivity index (χ2v) is 5.86. The largest absolute Gasteiger partial charge is 0.397 e. The third-order valence-electron chi connectivity index (χ3n) is 3.60. The van der Waals surface area contributed by atoms with E-state index < -0.39 is 10.4 Å². The van der Waals surface area contributed by atoms with E-state index in [1.165, 1.54) is 22.3 Å². The van der Waals surface area contributed by atoms with Gasteiger partial charge in [0.2, 0.25) is 0 Å². The summed E-state index contributed by atoms with van der Waals surface area (Å²) in [5.74, 6) is 0.101. The third-order valence-corrected chi connectivity index (χ3v) is 4.07. The van der Waals surface area contributed by atoms with Crippen LogP contribution < -0.4 is 0 Å². The van der Waals surface area contributed by atoms with Crippen LogP contribution in [-0.4, -0.2) is 19.6 Å².